The Bertz CT molecular complexity index is 1170. The molecule has 0 spiro atoms. The van der Waals surface area contributed by atoms with Gasteiger partial charge < -0.3 is 4.74 Å². The minimum atomic E-state index is -0.528. The fourth-order valence-electron chi connectivity index (χ4n) is 2.72. The first-order valence-corrected chi connectivity index (χ1v) is 10.3. The smallest absolute Gasteiger partial charge is 0.308 e. The number of nitrogens with zero attached hydrogens (tertiary/aromatic N) is 3. The molecule has 0 aliphatic rings. The van der Waals surface area contributed by atoms with E-state index in [0.29, 0.717) is 28.7 Å². The van der Waals surface area contributed by atoms with Crippen molar-refractivity contribution in [1.82, 2.24) is 9.66 Å². The Hall–Kier alpha value is -2.22. The molecule has 0 radical (unpaired) electrons. The summed E-state index contributed by atoms with van der Waals surface area (Å²) in [6.07, 6.45) is 2.85. The van der Waals surface area contributed by atoms with Gasteiger partial charge in [0, 0.05) is 17.8 Å². The van der Waals surface area contributed by atoms with Crippen LogP contribution in [0.2, 0.25) is 10.0 Å². The number of fused-ring (bicyclic) bond motifs is 1. The Labute approximate surface area is 185 Å². The molecule has 1 heterocycles. The third kappa shape index (κ3) is 4.86. The molecule has 0 saturated heterocycles. The zero-order chi connectivity index (χ0) is 21.1. The minimum Gasteiger partial charge on any atom is -0.424 e. The van der Waals surface area contributed by atoms with Crippen LogP contribution in [0.25, 0.3) is 10.9 Å². The fraction of sp³-hybridized carbons (Fsp3) is 0.200. The van der Waals surface area contributed by atoms with Crippen molar-refractivity contribution in [2.45, 2.75) is 26.7 Å². The summed E-state index contributed by atoms with van der Waals surface area (Å²) in [7, 11) is 0. The number of carbonyl (C=O) groups excluding carboxylic acids is 1. The normalized spacial score (nSPS) is 11.3. The number of aromatic nitrogens is 2. The van der Waals surface area contributed by atoms with Crippen LogP contribution in [0, 0.1) is 0 Å². The summed E-state index contributed by atoms with van der Waals surface area (Å²) in [4.78, 5) is 28.7. The van der Waals surface area contributed by atoms with E-state index in [1.165, 1.54) is 17.8 Å². The number of aryl methyl sites for hydroxylation is 1. The maximum atomic E-state index is 13.0. The maximum Gasteiger partial charge on any atom is 0.308 e. The van der Waals surface area contributed by atoms with Crippen molar-refractivity contribution in [2.24, 2.45) is 5.10 Å². The van der Waals surface area contributed by atoms with Crippen molar-refractivity contribution in [3.8, 4) is 5.75 Å². The second-order valence-corrected chi connectivity index (χ2v) is 7.94. The number of hydrogen-bond donors (Lipinski definition) is 0. The average Bonchev–Trinajstić information content (AvgIpc) is 2.65. The standard InChI is InChI=1S/C20H16BrCl2N3O3/c1-3-4-18-25-17-6-5-13(21)9-14(17)20(28)26(18)24-10-12-7-15(22)19(16(23)8-12)29-11(2)27/h5-10H,3-4H2,1-2H3. The van der Waals surface area contributed by atoms with Crippen LogP contribution in [-0.2, 0) is 11.2 Å². The number of benzene rings is 2. The van der Waals surface area contributed by atoms with Gasteiger partial charge in [0.1, 0.15) is 5.82 Å². The number of ether oxygens (including phenoxy) is 1. The van der Waals surface area contributed by atoms with Gasteiger partial charge in [-0.1, -0.05) is 46.1 Å². The van der Waals surface area contributed by atoms with Crippen molar-refractivity contribution in [1.29, 1.82) is 0 Å². The van der Waals surface area contributed by atoms with Crippen LogP contribution in [0.3, 0.4) is 0 Å². The van der Waals surface area contributed by atoms with Gasteiger partial charge in [0.15, 0.2) is 5.75 Å². The van der Waals surface area contributed by atoms with Gasteiger partial charge in [0.2, 0.25) is 0 Å². The van der Waals surface area contributed by atoms with Crippen LogP contribution >= 0.6 is 39.1 Å². The Morgan fingerprint density at radius 2 is 1.97 bits per heavy atom. The first-order chi connectivity index (χ1) is 13.8. The number of hydrogen-bond acceptors (Lipinski definition) is 5. The molecule has 0 aliphatic carbocycles. The lowest BCUT2D eigenvalue weighted by atomic mass is 10.2. The van der Waals surface area contributed by atoms with Gasteiger partial charge in [-0.3, -0.25) is 9.59 Å². The molecule has 1 aromatic heterocycles. The molecule has 0 bridgehead atoms. The molecule has 150 valence electrons. The fourth-order valence-corrected chi connectivity index (χ4v) is 3.66. The molecule has 29 heavy (non-hydrogen) atoms. The molecule has 0 atom stereocenters. The molecule has 2 aromatic carbocycles. The minimum absolute atomic E-state index is 0.0824. The highest BCUT2D eigenvalue weighted by Gasteiger charge is 2.13. The number of carbonyl (C=O) groups is 1. The van der Waals surface area contributed by atoms with Gasteiger partial charge in [-0.25, -0.2) is 4.98 Å². The second kappa shape index (κ2) is 9.07. The quantitative estimate of drug-likeness (QED) is 0.275. The highest BCUT2D eigenvalue weighted by atomic mass is 79.9. The van der Waals surface area contributed by atoms with Crippen molar-refractivity contribution in [2.75, 3.05) is 0 Å². The highest BCUT2D eigenvalue weighted by Crippen LogP contribution is 2.34. The third-order valence-corrected chi connectivity index (χ3v) is 4.99. The largest absolute Gasteiger partial charge is 0.424 e. The lowest BCUT2D eigenvalue weighted by molar-refractivity contribution is -0.131. The summed E-state index contributed by atoms with van der Waals surface area (Å²) >= 11 is 15.7. The summed E-state index contributed by atoms with van der Waals surface area (Å²) in [5.74, 6) is 0.107. The Kier molecular flexibility index (Phi) is 6.72. The van der Waals surface area contributed by atoms with Crippen LogP contribution in [0.15, 0.2) is 44.7 Å². The molecule has 0 saturated carbocycles. The zero-order valence-electron chi connectivity index (χ0n) is 15.6. The molecule has 9 heteroatoms. The van der Waals surface area contributed by atoms with Crippen molar-refractivity contribution < 1.29 is 9.53 Å². The van der Waals surface area contributed by atoms with Gasteiger partial charge in [-0.05, 0) is 42.3 Å². The third-order valence-electron chi connectivity index (χ3n) is 3.94. The average molecular weight is 497 g/mol. The number of esters is 1. The van der Waals surface area contributed by atoms with Gasteiger partial charge in [0.05, 0.1) is 27.2 Å². The molecule has 3 rings (SSSR count). The van der Waals surface area contributed by atoms with E-state index in [9.17, 15) is 9.59 Å². The molecule has 3 aromatic rings. The molecule has 0 aliphatic heterocycles. The second-order valence-electron chi connectivity index (χ2n) is 6.21. The number of rotatable bonds is 5. The summed E-state index contributed by atoms with van der Waals surface area (Å²) in [6, 6.07) is 8.44. The molecule has 0 amide bonds. The summed E-state index contributed by atoms with van der Waals surface area (Å²) in [5.41, 5.74) is 0.884. The van der Waals surface area contributed by atoms with E-state index in [1.807, 2.05) is 13.0 Å². The molecule has 6 nitrogen and oxygen atoms in total. The van der Waals surface area contributed by atoms with Gasteiger partial charge in [-0.15, -0.1) is 0 Å². The lowest BCUT2D eigenvalue weighted by Crippen LogP contribution is -2.22. The predicted molar refractivity (Wildman–Crippen MR) is 118 cm³/mol. The first-order valence-electron chi connectivity index (χ1n) is 8.73. The summed E-state index contributed by atoms with van der Waals surface area (Å²) in [5, 5.41) is 5.11. The highest BCUT2D eigenvalue weighted by molar-refractivity contribution is 9.10. The zero-order valence-corrected chi connectivity index (χ0v) is 18.7. The SMILES string of the molecule is CCCc1nc2ccc(Br)cc2c(=O)n1N=Cc1cc(Cl)c(OC(C)=O)c(Cl)c1. The maximum absolute atomic E-state index is 13.0. The Balaban J connectivity index is 2.08. The topological polar surface area (TPSA) is 73.6 Å². The van der Waals surface area contributed by atoms with Crippen LogP contribution < -0.4 is 10.3 Å². The molecule has 0 unspecified atom stereocenters. The summed E-state index contributed by atoms with van der Waals surface area (Å²) < 4.78 is 7.06. The van der Waals surface area contributed by atoms with E-state index >= 15 is 0 Å². The molecule has 0 fully saturated rings. The Morgan fingerprint density at radius 1 is 1.28 bits per heavy atom. The van der Waals surface area contributed by atoms with E-state index in [4.69, 9.17) is 27.9 Å². The van der Waals surface area contributed by atoms with Crippen molar-refractivity contribution in [3.63, 3.8) is 0 Å². The predicted octanol–water partition coefficient (Wildman–Crippen LogP) is 5.23. The van der Waals surface area contributed by atoms with E-state index in [0.717, 1.165) is 10.9 Å². The van der Waals surface area contributed by atoms with Crippen LogP contribution in [-0.4, -0.2) is 21.8 Å². The van der Waals surface area contributed by atoms with Crippen LogP contribution in [0.1, 0.15) is 31.7 Å². The van der Waals surface area contributed by atoms with Crippen LogP contribution in [0.5, 0.6) is 5.75 Å². The van der Waals surface area contributed by atoms with E-state index in [1.54, 1.807) is 24.3 Å². The Morgan fingerprint density at radius 3 is 2.59 bits per heavy atom. The molecule has 0 N–H and O–H groups in total. The van der Waals surface area contributed by atoms with Crippen molar-refractivity contribution >= 4 is 62.2 Å². The van der Waals surface area contributed by atoms with E-state index < -0.39 is 5.97 Å². The first kappa shape index (κ1) is 21.5. The van der Waals surface area contributed by atoms with E-state index in [2.05, 4.69) is 26.0 Å². The molecular weight excluding hydrogens is 481 g/mol. The van der Waals surface area contributed by atoms with Gasteiger partial charge in [-0.2, -0.15) is 9.78 Å². The van der Waals surface area contributed by atoms with Crippen molar-refractivity contribution in [3.05, 3.63) is 66.6 Å². The van der Waals surface area contributed by atoms with E-state index in [-0.39, 0.29) is 21.4 Å². The van der Waals surface area contributed by atoms with Gasteiger partial charge in [0.25, 0.3) is 5.56 Å². The number of halogens is 3. The van der Waals surface area contributed by atoms with Crippen LogP contribution in [0.4, 0.5) is 0 Å². The summed E-state index contributed by atoms with van der Waals surface area (Å²) in [6.45, 7) is 3.26. The molecular formula is C20H16BrCl2N3O3. The lowest BCUT2D eigenvalue weighted by Gasteiger charge is -2.09. The monoisotopic (exact) mass is 495 g/mol. The van der Waals surface area contributed by atoms with Gasteiger partial charge >= 0.3 is 5.97 Å².